The Bertz CT molecular complexity index is 337. The van der Waals surface area contributed by atoms with Gasteiger partial charge in [-0.1, -0.05) is 0 Å². The first kappa shape index (κ1) is 20.0. The van der Waals surface area contributed by atoms with Crippen molar-refractivity contribution in [2.24, 2.45) is 11.8 Å². The molecule has 3 aliphatic rings. The van der Waals surface area contributed by atoms with E-state index in [-0.39, 0.29) is 30.7 Å². The summed E-state index contributed by atoms with van der Waals surface area (Å²) in [5.74, 6) is 1.78. The Balaban J connectivity index is 0.00000121. The van der Waals surface area contributed by atoms with Gasteiger partial charge in [0.25, 0.3) is 0 Å². The molecule has 0 spiro atoms. The minimum absolute atomic E-state index is 0. The molecule has 2 saturated heterocycles. The third-order valence-electron chi connectivity index (χ3n) is 4.66. The molecular weight excluding hydrogens is 325 g/mol. The van der Waals surface area contributed by atoms with Crippen LogP contribution in [0.4, 0.5) is 0 Å². The van der Waals surface area contributed by atoms with E-state index < -0.39 is 0 Å². The highest BCUT2D eigenvalue weighted by atomic mass is 35.5. The molecule has 130 valence electrons. The van der Waals surface area contributed by atoms with Gasteiger partial charge in [0.1, 0.15) is 0 Å². The van der Waals surface area contributed by atoms with Crippen LogP contribution in [0.25, 0.3) is 0 Å². The zero-order valence-electron chi connectivity index (χ0n) is 13.2. The molecule has 2 aliphatic heterocycles. The number of nitrogens with zero attached hydrogens (tertiary/aromatic N) is 2. The molecule has 0 aromatic heterocycles. The summed E-state index contributed by atoms with van der Waals surface area (Å²) < 4.78 is 5.38. The van der Waals surface area contributed by atoms with E-state index in [0.29, 0.717) is 12.5 Å². The Morgan fingerprint density at radius 1 is 1.05 bits per heavy atom. The first-order chi connectivity index (χ1) is 9.81. The van der Waals surface area contributed by atoms with Crippen molar-refractivity contribution in [1.82, 2.24) is 15.1 Å². The summed E-state index contributed by atoms with van der Waals surface area (Å²) in [7, 11) is 0. The van der Waals surface area contributed by atoms with Crippen LogP contribution in [0.3, 0.4) is 0 Å². The summed E-state index contributed by atoms with van der Waals surface area (Å²) in [4.78, 5) is 16.6. The van der Waals surface area contributed by atoms with Gasteiger partial charge in [0.15, 0.2) is 0 Å². The standard InChI is InChI=1S/C15H27N3O2.2ClH/c19-15(10-16-9-13-1-2-13)18-4-3-14(12-18)11-17-5-7-20-8-6-17;;/h13-14,16H,1-12H2;2*1H. The summed E-state index contributed by atoms with van der Waals surface area (Å²) in [6, 6.07) is 0. The van der Waals surface area contributed by atoms with Crippen LogP contribution in [0.15, 0.2) is 0 Å². The number of nitrogens with one attached hydrogen (secondary N) is 1. The number of hydrogen-bond donors (Lipinski definition) is 1. The van der Waals surface area contributed by atoms with Gasteiger partial charge in [-0.2, -0.15) is 0 Å². The van der Waals surface area contributed by atoms with Crippen LogP contribution in [-0.2, 0) is 9.53 Å². The summed E-state index contributed by atoms with van der Waals surface area (Å²) in [5.41, 5.74) is 0. The number of carbonyl (C=O) groups excluding carboxylic acids is 1. The SMILES string of the molecule is Cl.Cl.O=C(CNCC1CC1)N1CCC(CN2CCOCC2)C1. The maximum atomic E-state index is 12.1. The van der Waals surface area contributed by atoms with E-state index in [4.69, 9.17) is 4.74 Å². The lowest BCUT2D eigenvalue weighted by atomic mass is 10.1. The van der Waals surface area contributed by atoms with Crippen molar-refractivity contribution >= 4 is 30.7 Å². The van der Waals surface area contributed by atoms with Crippen molar-refractivity contribution in [2.45, 2.75) is 19.3 Å². The van der Waals surface area contributed by atoms with Gasteiger partial charge in [0.2, 0.25) is 5.91 Å². The lowest BCUT2D eigenvalue weighted by molar-refractivity contribution is -0.129. The molecule has 22 heavy (non-hydrogen) atoms. The van der Waals surface area contributed by atoms with Gasteiger partial charge in [-0.3, -0.25) is 9.69 Å². The van der Waals surface area contributed by atoms with Crippen molar-refractivity contribution in [1.29, 1.82) is 0 Å². The lowest BCUT2D eigenvalue weighted by Gasteiger charge is -2.29. The predicted octanol–water partition coefficient (Wildman–Crippen LogP) is 1.01. The molecule has 0 aromatic rings. The second-order valence-electron chi connectivity index (χ2n) is 6.48. The van der Waals surface area contributed by atoms with E-state index in [1.165, 1.54) is 12.8 Å². The molecule has 0 bridgehead atoms. The molecule has 1 N–H and O–H groups in total. The van der Waals surface area contributed by atoms with Crippen LogP contribution in [0.1, 0.15) is 19.3 Å². The molecule has 0 radical (unpaired) electrons. The van der Waals surface area contributed by atoms with E-state index in [2.05, 4.69) is 10.2 Å². The second kappa shape index (κ2) is 9.93. The van der Waals surface area contributed by atoms with Gasteiger partial charge >= 0.3 is 0 Å². The number of hydrogen-bond acceptors (Lipinski definition) is 4. The largest absolute Gasteiger partial charge is 0.379 e. The van der Waals surface area contributed by atoms with Crippen molar-refractivity contribution in [3.63, 3.8) is 0 Å². The fraction of sp³-hybridized carbons (Fsp3) is 0.933. The van der Waals surface area contributed by atoms with Crippen molar-refractivity contribution in [3.05, 3.63) is 0 Å². The van der Waals surface area contributed by atoms with Gasteiger partial charge in [0, 0.05) is 32.7 Å². The number of likely N-dealkylation sites (tertiary alicyclic amines) is 1. The van der Waals surface area contributed by atoms with E-state index in [1.807, 2.05) is 4.90 Å². The van der Waals surface area contributed by atoms with Crippen LogP contribution in [0.5, 0.6) is 0 Å². The normalized spacial score (nSPS) is 25.5. The van der Waals surface area contributed by atoms with E-state index in [1.54, 1.807) is 0 Å². The number of ether oxygens (including phenoxy) is 1. The van der Waals surface area contributed by atoms with Crippen molar-refractivity contribution in [2.75, 3.05) is 59.0 Å². The fourth-order valence-corrected chi connectivity index (χ4v) is 3.17. The van der Waals surface area contributed by atoms with Gasteiger partial charge in [0.05, 0.1) is 19.8 Å². The number of halogens is 2. The van der Waals surface area contributed by atoms with Gasteiger partial charge in [-0.15, -0.1) is 24.8 Å². The van der Waals surface area contributed by atoms with Crippen LogP contribution in [-0.4, -0.2) is 74.7 Å². The van der Waals surface area contributed by atoms with Gasteiger partial charge in [-0.25, -0.2) is 0 Å². The highest BCUT2D eigenvalue weighted by molar-refractivity contribution is 5.85. The predicted molar refractivity (Wildman–Crippen MR) is 92.0 cm³/mol. The number of morpholine rings is 1. The number of amides is 1. The van der Waals surface area contributed by atoms with Crippen molar-refractivity contribution in [3.8, 4) is 0 Å². The molecule has 1 amide bonds. The summed E-state index contributed by atoms with van der Waals surface area (Å²) in [6.45, 7) is 8.39. The molecular formula is C15H29Cl2N3O2. The summed E-state index contributed by atoms with van der Waals surface area (Å²) in [5, 5.41) is 3.30. The smallest absolute Gasteiger partial charge is 0.236 e. The lowest BCUT2D eigenvalue weighted by Crippen LogP contribution is -2.41. The quantitative estimate of drug-likeness (QED) is 0.773. The molecule has 1 unspecified atom stereocenters. The molecule has 2 heterocycles. The Kier molecular flexibility index (Phi) is 9.02. The van der Waals surface area contributed by atoms with Crippen LogP contribution < -0.4 is 5.32 Å². The number of rotatable bonds is 6. The maximum absolute atomic E-state index is 12.1. The Hall–Kier alpha value is -0.0700. The highest BCUT2D eigenvalue weighted by Gasteiger charge is 2.28. The Morgan fingerprint density at radius 2 is 1.77 bits per heavy atom. The number of carbonyl (C=O) groups is 1. The molecule has 3 rings (SSSR count). The zero-order valence-corrected chi connectivity index (χ0v) is 14.8. The first-order valence-electron chi connectivity index (χ1n) is 8.10. The zero-order chi connectivity index (χ0) is 13.8. The van der Waals surface area contributed by atoms with E-state index in [9.17, 15) is 4.79 Å². The van der Waals surface area contributed by atoms with Gasteiger partial charge < -0.3 is 15.0 Å². The minimum Gasteiger partial charge on any atom is -0.379 e. The maximum Gasteiger partial charge on any atom is 0.236 e. The second-order valence-corrected chi connectivity index (χ2v) is 6.48. The monoisotopic (exact) mass is 353 g/mol. The third-order valence-corrected chi connectivity index (χ3v) is 4.66. The Labute approximate surface area is 145 Å². The topological polar surface area (TPSA) is 44.8 Å². The molecule has 1 aliphatic carbocycles. The molecule has 7 heteroatoms. The summed E-state index contributed by atoms with van der Waals surface area (Å²) in [6.07, 6.45) is 3.84. The molecule has 1 atom stereocenters. The van der Waals surface area contributed by atoms with Crippen LogP contribution in [0.2, 0.25) is 0 Å². The Morgan fingerprint density at radius 3 is 2.45 bits per heavy atom. The van der Waals surface area contributed by atoms with E-state index >= 15 is 0 Å². The minimum atomic E-state index is 0. The highest BCUT2D eigenvalue weighted by Crippen LogP contribution is 2.27. The molecule has 3 fully saturated rings. The first-order valence-corrected chi connectivity index (χ1v) is 8.10. The van der Waals surface area contributed by atoms with Crippen LogP contribution in [0, 0.1) is 11.8 Å². The molecule has 5 nitrogen and oxygen atoms in total. The molecule has 0 aromatic carbocycles. The summed E-state index contributed by atoms with van der Waals surface area (Å²) >= 11 is 0. The third kappa shape index (κ3) is 6.20. The fourth-order valence-electron chi connectivity index (χ4n) is 3.17. The van der Waals surface area contributed by atoms with Crippen molar-refractivity contribution < 1.29 is 9.53 Å². The van der Waals surface area contributed by atoms with E-state index in [0.717, 1.165) is 64.8 Å². The average molecular weight is 354 g/mol. The van der Waals surface area contributed by atoms with Gasteiger partial charge in [-0.05, 0) is 37.6 Å². The average Bonchev–Trinajstić information content (AvgIpc) is 3.17. The van der Waals surface area contributed by atoms with Crippen LogP contribution >= 0.6 is 24.8 Å². The molecule has 1 saturated carbocycles.